The smallest absolute Gasteiger partial charge is 0.270 e. The summed E-state index contributed by atoms with van der Waals surface area (Å²) >= 11 is 1.46. The van der Waals surface area contributed by atoms with E-state index in [-0.39, 0.29) is 24.5 Å². The Morgan fingerprint density at radius 1 is 1.30 bits per heavy atom. The van der Waals surface area contributed by atoms with E-state index >= 15 is 0 Å². The normalized spacial score (nSPS) is 25.4. The van der Waals surface area contributed by atoms with Gasteiger partial charge in [-0.15, -0.1) is 11.3 Å². The lowest BCUT2D eigenvalue weighted by molar-refractivity contribution is -0.153. The fraction of sp³-hybridized carbons (Fsp3) is 0.737. The molecular formula is C19H28N4O3S. The number of morpholine rings is 1. The van der Waals surface area contributed by atoms with Crippen molar-refractivity contribution in [2.45, 2.75) is 57.2 Å². The molecule has 27 heavy (non-hydrogen) atoms. The molecule has 0 spiro atoms. The molecule has 1 N–H and O–H groups in total. The van der Waals surface area contributed by atoms with Crippen LogP contribution in [0.1, 0.15) is 47.6 Å². The van der Waals surface area contributed by atoms with Crippen molar-refractivity contribution in [3.8, 4) is 0 Å². The van der Waals surface area contributed by atoms with Gasteiger partial charge in [-0.2, -0.15) is 0 Å². The van der Waals surface area contributed by atoms with E-state index in [1.165, 1.54) is 30.6 Å². The first-order valence-electron chi connectivity index (χ1n) is 9.95. The number of likely N-dealkylation sites (tertiary alicyclic amines) is 1. The van der Waals surface area contributed by atoms with Crippen LogP contribution >= 0.6 is 11.3 Å². The zero-order valence-corrected chi connectivity index (χ0v) is 16.7. The molecule has 3 aliphatic rings. The molecule has 1 aromatic rings. The van der Waals surface area contributed by atoms with E-state index in [9.17, 15) is 9.59 Å². The maximum atomic E-state index is 12.4. The first-order chi connectivity index (χ1) is 13.1. The summed E-state index contributed by atoms with van der Waals surface area (Å²) in [5.41, 5.74) is 0.449. The molecule has 3 heterocycles. The predicted octanol–water partition coefficient (Wildman–Crippen LogP) is 1.43. The van der Waals surface area contributed by atoms with Crippen LogP contribution in [0.15, 0.2) is 5.38 Å². The maximum absolute atomic E-state index is 12.4. The van der Waals surface area contributed by atoms with Gasteiger partial charge < -0.3 is 19.9 Å². The number of carbonyl (C=O) groups excluding carboxylic acids is 2. The van der Waals surface area contributed by atoms with Crippen LogP contribution in [0, 0.1) is 6.92 Å². The van der Waals surface area contributed by atoms with Gasteiger partial charge in [0.15, 0.2) is 0 Å². The Balaban J connectivity index is 1.26. The third-order valence-electron chi connectivity index (χ3n) is 6.04. The van der Waals surface area contributed by atoms with Gasteiger partial charge in [0, 0.05) is 43.6 Å². The Morgan fingerprint density at radius 3 is 2.70 bits per heavy atom. The van der Waals surface area contributed by atoms with Gasteiger partial charge in [0.25, 0.3) is 5.91 Å². The molecule has 8 heteroatoms. The molecule has 1 saturated carbocycles. The van der Waals surface area contributed by atoms with Crippen molar-refractivity contribution in [3.05, 3.63) is 16.1 Å². The van der Waals surface area contributed by atoms with E-state index in [1.54, 1.807) is 5.38 Å². The second-order valence-corrected chi connectivity index (χ2v) is 8.85. The van der Waals surface area contributed by atoms with Crippen LogP contribution in [0.5, 0.6) is 0 Å². The molecular weight excluding hydrogens is 364 g/mol. The molecule has 0 radical (unpaired) electrons. The average Bonchev–Trinajstić information content (AvgIpc) is 3.07. The molecule has 1 unspecified atom stereocenters. The molecule has 7 nitrogen and oxygen atoms in total. The van der Waals surface area contributed by atoms with Crippen molar-refractivity contribution in [2.24, 2.45) is 0 Å². The standard InChI is InChI=1S/C19H28N4O3S/c1-13-21-17(12-27-13)19(25)20-9-16-10-23(18(24)11-26-16)15-5-7-22(8-6-15)14-3-2-4-14/h12,14-16H,2-11H2,1H3,(H,20,25). The Labute approximate surface area is 164 Å². The molecule has 2 saturated heterocycles. The first-order valence-corrected chi connectivity index (χ1v) is 10.8. The summed E-state index contributed by atoms with van der Waals surface area (Å²) in [6.07, 6.45) is 5.96. The van der Waals surface area contributed by atoms with Gasteiger partial charge in [0.05, 0.1) is 11.1 Å². The van der Waals surface area contributed by atoms with Gasteiger partial charge in [-0.05, 0) is 32.6 Å². The molecule has 4 rings (SSSR count). The van der Waals surface area contributed by atoms with Gasteiger partial charge in [-0.3, -0.25) is 9.59 Å². The summed E-state index contributed by atoms with van der Waals surface area (Å²) in [4.78, 5) is 33.3. The highest BCUT2D eigenvalue weighted by molar-refractivity contribution is 7.09. The number of nitrogens with zero attached hydrogens (tertiary/aromatic N) is 3. The Bertz CT molecular complexity index is 682. The number of hydrogen-bond donors (Lipinski definition) is 1. The van der Waals surface area contributed by atoms with Gasteiger partial charge in [-0.1, -0.05) is 6.42 Å². The minimum atomic E-state index is -0.180. The molecule has 1 atom stereocenters. The first kappa shape index (κ1) is 18.8. The number of carbonyl (C=O) groups is 2. The Hall–Kier alpha value is -1.51. The number of amides is 2. The molecule has 3 fully saturated rings. The SMILES string of the molecule is Cc1nc(C(=O)NCC2CN(C3CCN(C4CCC4)CC3)C(=O)CO2)cs1. The van der Waals surface area contributed by atoms with Crippen molar-refractivity contribution in [1.29, 1.82) is 0 Å². The molecule has 148 valence electrons. The molecule has 0 aromatic carbocycles. The van der Waals surface area contributed by atoms with E-state index in [1.807, 2.05) is 11.8 Å². The number of hydrogen-bond acceptors (Lipinski definition) is 6. The van der Waals surface area contributed by atoms with Crippen LogP contribution < -0.4 is 5.32 Å². The summed E-state index contributed by atoms with van der Waals surface area (Å²) in [5, 5.41) is 5.53. The highest BCUT2D eigenvalue weighted by Gasteiger charge is 2.35. The molecule has 0 bridgehead atoms. The highest BCUT2D eigenvalue weighted by Crippen LogP contribution is 2.29. The van der Waals surface area contributed by atoms with Crippen LogP contribution in [0.2, 0.25) is 0 Å². The summed E-state index contributed by atoms with van der Waals surface area (Å²) in [7, 11) is 0. The monoisotopic (exact) mass is 392 g/mol. The summed E-state index contributed by atoms with van der Waals surface area (Å²) in [6.45, 7) is 5.13. The van der Waals surface area contributed by atoms with Crippen LogP contribution in [0.3, 0.4) is 0 Å². The van der Waals surface area contributed by atoms with Crippen molar-refractivity contribution in [1.82, 2.24) is 20.1 Å². The van der Waals surface area contributed by atoms with Gasteiger partial charge in [0.1, 0.15) is 12.3 Å². The maximum Gasteiger partial charge on any atom is 0.270 e. The fourth-order valence-corrected chi connectivity index (χ4v) is 4.79. The zero-order chi connectivity index (χ0) is 18.8. The van der Waals surface area contributed by atoms with E-state index in [0.717, 1.165) is 37.0 Å². The summed E-state index contributed by atoms with van der Waals surface area (Å²) < 4.78 is 5.65. The number of nitrogens with one attached hydrogen (secondary N) is 1. The summed E-state index contributed by atoms with van der Waals surface area (Å²) in [5.74, 6) is -0.102. The average molecular weight is 393 g/mol. The van der Waals surface area contributed by atoms with E-state index in [0.29, 0.717) is 24.8 Å². The lowest BCUT2D eigenvalue weighted by Crippen LogP contribution is -2.57. The molecule has 1 aromatic heterocycles. The largest absolute Gasteiger partial charge is 0.365 e. The van der Waals surface area contributed by atoms with Gasteiger partial charge >= 0.3 is 0 Å². The van der Waals surface area contributed by atoms with Gasteiger partial charge in [0.2, 0.25) is 5.91 Å². The van der Waals surface area contributed by atoms with Crippen LogP contribution in [0.25, 0.3) is 0 Å². The number of aryl methyl sites for hydroxylation is 1. The van der Waals surface area contributed by atoms with Crippen molar-refractivity contribution in [2.75, 3.05) is 32.8 Å². The third kappa shape index (κ3) is 4.33. The lowest BCUT2D eigenvalue weighted by atomic mass is 9.89. The van der Waals surface area contributed by atoms with E-state index in [4.69, 9.17) is 4.74 Å². The van der Waals surface area contributed by atoms with Gasteiger partial charge in [-0.25, -0.2) is 4.98 Å². The van der Waals surface area contributed by atoms with E-state index in [2.05, 4.69) is 15.2 Å². The summed E-state index contributed by atoms with van der Waals surface area (Å²) in [6, 6.07) is 1.08. The quantitative estimate of drug-likeness (QED) is 0.820. The lowest BCUT2D eigenvalue weighted by Gasteiger charge is -2.45. The molecule has 2 amide bonds. The number of rotatable bonds is 5. The number of ether oxygens (including phenoxy) is 1. The van der Waals surface area contributed by atoms with Crippen molar-refractivity contribution >= 4 is 23.2 Å². The third-order valence-corrected chi connectivity index (χ3v) is 6.81. The van der Waals surface area contributed by atoms with Crippen LogP contribution in [0.4, 0.5) is 0 Å². The number of piperidine rings is 1. The zero-order valence-electron chi connectivity index (χ0n) is 15.9. The van der Waals surface area contributed by atoms with Crippen LogP contribution in [-0.4, -0.2) is 77.6 Å². The molecule has 2 aliphatic heterocycles. The topological polar surface area (TPSA) is 74.8 Å². The van der Waals surface area contributed by atoms with Crippen LogP contribution in [-0.2, 0) is 9.53 Å². The van der Waals surface area contributed by atoms with E-state index < -0.39 is 0 Å². The number of aromatic nitrogens is 1. The highest BCUT2D eigenvalue weighted by atomic mass is 32.1. The second-order valence-electron chi connectivity index (χ2n) is 7.79. The van der Waals surface area contributed by atoms with Crippen molar-refractivity contribution < 1.29 is 14.3 Å². The molecule has 1 aliphatic carbocycles. The number of thiazole rings is 1. The Morgan fingerprint density at radius 2 is 2.07 bits per heavy atom. The Kier molecular flexibility index (Phi) is 5.75. The minimum Gasteiger partial charge on any atom is -0.365 e. The van der Waals surface area contributed by atoms with Crippen molar-refractivity contribution in [3.63, 3.8) is 0 Å². The second kappa shape index (κ2) is 8.24. The fourth-order valence-electron chi connectivity index (χ4n) is 4.20. The minimum absolute atomic E-state index is 0.0785. The predicted molar refractivity (Wildman–Crippen MR) is 103 cm³/mol.